The van der Waals surface area contributed by atoms with E-state index >= 15 is 0 Å². The molecule has 0 aromatic heterocycles. The predicted molar refractivity (Wildman–Crippen MR) is 82.3 cm³/mol. The zero-order chi connectivity index (χ0) is 16.3. The van der Waals surface area contributed by atoms with E-state index in [1.807, 2.05) is 0 Å². The van der Waals surface area contributed by atoms with Gasteiger partial charge >= 0.3 is 0 Å². The van der Waals surface area contributed by atoms with Crippen LogP contribution in [0.5, 0.6) is 0 Å². The molecule has 0 aliphatic carbocycles. The highest BCUT2D eigenvalue weighted by molar-refractivity contribution is 7.99. The Balaban J connectivity index is 1.85. The smallest absolute Gasteiger partial charge is 0.233 e. The van der Waals surface area contributed by atoms with E-state index in [0.717, 1.165) is 6.07 Å². The van der Waals surface area contributed by atoms with Crippen LogP contribution in [-0.4, -0.2) is 37.1 Å². The Hall–Kier alpha value is -1.15. The minimum atomic E-state index is -3.05. The Bertz CT molecular complexity index is 664. The maximum Gasteiger partial charge on any atom is 0.233 e. The van der Waals surface area contributed by atoms with Gasteiger partial charge in [-0.15, -0.1) is 11.8 Å². The lowest BCUT2D eigenvalue weighted by Crippen LogP contribution is -2.40. The Morgan fingerprint density at radius 2 is 2.18 bits per heavy atom. The van der Waals surface area contributed by atoms with Crippen LogP contribution in [0, 0.1) is 11.6 Å². The van der Waals surface area contributed by atoms with Crippen LogP contribution in [0.3, 0.4) is 0 Å². The minimum absolute atomic E-state index is 0.0331. The lowest BCUT2D eigenvalue weighted by Gasteiger charge is -2.15. The van der Waals surface area contributed by atoms with E-state index in [2.05, 4.69) is 5.32 Å². The second kappa shape index (κ2) is 6.95. The highest BCUT2D eigenvalue weighted by Crippen LogP contribution is 2.22. The number of hydrogen-bond acceptors (Lipinski definition) is 4. The summed E-state index contributed by atoms with van der Waals surface area (Å²) in [6, 6.07) is 3.58. The zero-order valence-corrected chi connectivity index (χ0v) is 13.6. The summed E-state index contributed by atoms with van der Waals surface area (Å²) in [6.45, 7) is 1.65. The van der Waals surface area contributed by atoms with Crippen LogP contribution in [0.15, 0.2) is 18.2 Å². The first kappa shape index (κ1) is 17.2. The number of hydrogen-bond donors (Lipinski definition) is 1. The first-order chi connectivity index (χ1) is 10.3. The first-order valence-electron chi connectivity index (χ1n) is 6.84. The number of amides is 1. The molecule has 2 atom stereocenters. The Morgan fingerprint density at radius 1 is 1.45 bits per heavy atom. The molecule has 0 saturated carbocycles. The molecule has 0 radical (unpaired) electrons. The number of nitrogens with one attached hydrogen (secondary N) is 1. The fraction of sp³-hybridized carbons (Fsp3) is 0.500. The Kier molecular flexibility index (Phi) is 5.44. The molecule has 4 nitrogen and oxygen atoms in total. The van der Waals surface area contributed by atoms with Crippen molar-refractivity contribution in [1.82, 2.24) is 5.32 Å². The zero-order valence-electron chi connectivity index (χ0n) is 12.0. The van der Waals surface area contributed by atoms with Crippen molar-refractivity contribution in [2.75, 3.05) is 11.5 Å². The second-order valence-electron chi connectivity index (χ2n) is 5.27. The summed E-state index contributed by atoms with van der Waals surface area (Å²) >= 11 is 1.18. The van der Waals surface area contributed by atoms with Gasteiger partial charge in [0.1, 0.15) is 0 Å². The van der Waals surface area contributed by atoms with Crippen LogP contribution in [-0.2, 0) is 20.4 Å². The first-order valence-corrected chi connectivity index (χ1v) is 9.71. The third kappa shape index (κ3) is 4.42. The summed E-state index contributed by atoms with van der Waals surface area (Å²) in [5.74, 6) is -1.87. The number of thioether (sulfide) groups is 1. The summed E-state index contributed by atoms with van der Waals surface area (Å²) in [7, 11) is -3.05. The number of rotatable bonds is 5. The van der Waals surface area contributed by atoms with E-state index in [1.54, 1.807) is 6.92 Å². The molecule has 1 aliphatic heterocycles. The van der Waals surface area contributed by atoms with Crippen LogP contribution in [0.1, 0.15) is 18.9 Å². The van der Waals surface area contributed by atoms with Crippen LogP contribution >= 0.6 is 11.8 Å². The summed E-state index contributed by atoms with van der Waals surface area (Å²) < 4.78 is 49.3. The molecule has 1 amide bonds. The van der Waals surface area contributed by atoms with Gasteiger partial charge < -0.3 is 5.32 Å². The molecule has 8 heteroatoms. The minimum Gasteiger partial charge on any atom is -0.351 e. The van der Waals surface area contributed by atoms with Gasteiger partial charge in [-0.2, -0.15) is 0 Å². The molecular weight excluding hydrogens is 332 g/mol. The van der Waals surface area contributed by atoms with Gasteiger partial charge in [0.15, 0.2) is 21.5 Å². The van der Waals surface area contributed by atoms with E-state index in [1.165, 1.54) is 23.9 Å². The monoisotopic (exact) mass is 349 g/mol. The van der Waals surface area contributed by atoms with Gasteiger partial charge in [0.05, 0.1) is 16.8 Å². The van der Waals surface area contributed by atoms with Crippen molar-refractivity contribution in [2.45, 2.75) is 30.4 Å². The van der Waals surface area contributed by atoms with Crippen molar-refractivity contribution in [3.05, 3.63) is 35.4 Å². The van der Waals surface area contributed by atoms with Crippen LogP contribution in [0.2, 0.25) is 0 Å². The molecule has 2 rings (SSSR count). The molecule has 1 fully saturated rings. The summed E-state index contributed by atoms with van der Waals surface area (Å²) in [6.07, 6.45) is 0.421. The maximum atomic E-state index is 13.5. The van der Waals surface area contributed by atoms with Gasteiger partial charge in [0, 0.05) is 17.4 Å². The maximum absolute atomic E-state index is 13.5. The van der Waals surface area contributed by atoms with Gasteiger partial charge in [-0.25, -0.2) is 17.2 Å². The fourth-order valence-electron chi connectivity index (χ4n) is 2.18. The number of benzene rings is 1. The Morgan fingerprint density at radius 3 is 2.82 bits per heavy atom. The van der Waals surface area contributed by atoms with Crippen molar-refractivity contribution >= 4 is 27.5 Å². The molecule has 0 bridgehead atoms. The number of carbonyl (C=O) groups is 1. The fourth-order valence-corrected chi connectivity index (χ4v) is 4.72. The van der Waals surface area contributed by atoms with Gasteiger partial charge in [-0.05, 0) is 19.4 Å². The van der Waals surface area contributed by atoms with Gasteiger partial charge in [0.2, 0.25) is 5.91 Å². The molecule has 1 aromatic carbocycles. The molecule has 0 unspecified atom stereocenters. The van der Waals surface area contributed by atoms with E-state index in [9.17, 15) is 22.0 Å². The average molecular weight is 349 g/mol. The third-order valence-corrected chi connectivity index (χ3v) is 6.43. The molecule has 122 valence electrons. The van der Waals surface area contributed by atoms with E-state index in [0.29, 0.717) is 6.42 Å². The van der Waals surface area contributed by atoms with Crippen molar-refractivity contribution in [3.8, 4) is 0 Å². The molecule has 1 heterocycles. The van der Waals surface area contributed by atoms with Crippen LogP contribution in [0.25, 0.3) is 0 Å². The summed E-state index contributed by atoms with van der Waals surface area (Å²) in [4.78, 5) is 12.0. The predicted octanol–water partition coefficient (Wildman–Crippen LogP) is 1.89. The topological polar surface area (TPSA) is 63.2 Å². The lowest BCUT2D eigenvalue weighted by molar-refractivity contribution is -0.120. The highest BCUT2D eigenvalue weighted by Gasteiger charge is 2.30. The normalized spacial score (nSPS) is 21.5. The van der Waals surface area contributed by atoms with Gasteiger partial charge in [-0.1, -0.05) is 12.1 Å². The number of carbonyl (C=O) groups excluding carboxylic acids is 1. The van der Waals surface area contributed by atoms with Crippen molar-refractivity contribution in [2.24, 2.45) is 0 Å². The molecule has 1 saturated heterocycles. The third-order valence-electron chi connectivity index (χ3n) is 3.47. The Labute approximate surface area is 132 Å². The van der Waals surface area contributed by atoms with E-state index < -0.39 is 26.7 Å². The van der Waals surface area contributed by atoms with Crippen molar-refractivity contribution in [3.63, 3.8) is 0 Å². The average Bonchev–Trinajstić information content (AvgIpc) is 2.79. The van der Waals surface area contributed by atoms with E-state index in [4.69, 9.17) is 0 Å². The SMILES string of the molecule is C[C@@H](SCc1cccc(F)c1F)C(=O)N[C@H]1CCS(=O)(=O)C1. The second-order valence-corrected chi connectivity index (χ2v) is 8.83. The number of sulfone groups is 1. The molecular formula is C14H17F2NO3S2. The van der Waals surface area contributed by atoms with Crippen LogP contribution < -0.4 is 5.32 Å². The summed E-state index contributed by atoms with van der Waals surface area (Å²) in [5.41, 5.74) is 0.202. The van der Waals surface area contributed by atoms with E-state index in [-0.39, 0.29) is 34.8 Å². The van der Waals surface area contributed by atoms with Gasteiger partial charge in [-0.3, -0.25) is 4.79 Å². The number of halogens is 2. The van der Waals surface area contributed by atoms with Gasteiger partial charge in [0.25, 0.3) is 0 Å². The molecule has 0 spiro atoms. The molecule has 1 aliphatic rings. The highest BCUT2D eigenvalue weighted by atomic mass is 32.2. The quantitative estimate of drug-likeness (QED) is 0.882. The standard InChI is InChI=1S/C14H17F2NO3S2/c1-9(14(18)17-11-5-6-22(19,20)8-11)21-7-10-3-2-4-12(15)13(10)16/h2-4,9,11H,5-8H2,1H3,(H,17,18)/t9-,11+/m1/s1. The lowest BCUT2D eigenvalue weighted by atomic mass is 10.2. The van der Waals surface area contributed by atoms with Crippen molar-refractivity contribution < 1.29 is 22.0 Å². The molecule has 1 N–H and O–H groups in total. The molecule has 22 heavy (non-hydrogen) atoms. The molecule has 1 aromatic rings. The summed E-state index contributed by atoms with van der Waals surface area (Å²) in [5, 5.41) is 2.21. The van der Waals surface area contributed by atoms with Crippen molar-refractivity contribution in [1.29, 1.82) is 0 Å². The largest absolute Gasteiger partial charge is 0.351 e. The van der Waals surface area contributed by atoms with Crippen LogP contribution in [0.4, 0.5) is 8.78 Å².